The zero-order chi connectivity index (χ0) is 14.0. The van der Waals surface area contributed by atoms with Gasteiger partial charge in [0, 0.05) is 36.4 Å². The van der Waals surface area contributed by atoms with Crippen molar-refractivity contribution >= 4 is 17.3 Å². The Labute approximate surface area is 119 Å². The van der Waals surface area contributed by atoms with Crippen molar-refractivity contribution in [2.45, 2.75) is 13.0 Å². The Morgan fingerprint density at radius 3 is 2.47 bits per heavy atom. The Kier molecular flexibility index (Phi) is 4.13. The van der Waals surface area contributed by atoms with Crippen molar-refractivity contribution in [1.82, 2.24) is 0 Å². The maximum absolute atomic E-state index is 6.31. The summed E-state index contributed by atoms with van der Waals surface area (Å²) in [5.74, 6) is 0. The molecule has 0 bridgehead atoms. The van der Waals surface area contributed by atoms with Crippen LogP contribution < -0.4 is 10.6 Å². The Morgan fingerprint density at radius 1 is 1.11 bits per heavy atom. The van der Waals surface area contributed by atoms with Crippen molar-refractivity contribution in [1.29, 1.82) is 0 Å². The molecule has 0 amide bonds. The van der Waals surface area contributed by atoms with Gasteiger partial charge < -0.3 is 10.6 Å². The van der Waals surface area contributed by atoms with Gasteiger partial charge in [0.2, 0.25) is 0 Å². The summed E-state index contributed by atoms with van der Waals surface area (Å²) in [7, 11) is 4.05. The van der Waals surface area contributed by atoms with Crippen molar-refractivity contribution in [2.24, 2.45) is 5.73 Å². The number of halogens is 1. The van der Waals surface area contributed by atoms with E-state index in [1.165, 1.54) is 0 Å². The predicted molar refractivity (Wildman–Crippen MR) is 83.8 cm³/mol. The zero-order valence-electron chi connectivity index (χ0n) is 11.5. The van der Waals surface area contributed by atoms with Crippen molar-refractivity contribution in [2.75, 3.05) is 19.0 Å². The van der Waals surface area contributed by atoms with Gasteiger partial charge >= 0.3 is 0 Å². The van der Waals surface area contributed by atoms with Crippen LogP contribution in [-0.2, 0) is 0 Å². The van der Waals surface area contributed by atoms with Gasteiger partial charge in [-0.05, 0) is 42.3 Å². The van der Waals surface area contributed by atoms with Crippen molar-refractivity contribution in [3.05, 3.63) is 53.1 Å². The standard InChI is InChI=1S/C16H19ClN2/c1-11(18)12-7-8-16(17)15(10-12)13-5-4-6-14(9-13)19(2)3/h4-11H,18H2,1-3H3. The molecule has 0 aliphatic carbocycles. The van der Waals surface area contributed by atoms with Crippen LogP contribution in [0.1, 0.15) is 18.5 Å². The molecule has 100 valence electrons. The number of nitrogens with two attached hydrogens (primary N) is 1. The molecule has 1 unspecified atom stereocenters. The molecule has 2 aromatic carbocycles. The zero-order valence-corrected chi connectivity index (χ0v) is 12.3. The molecule has 0 saturated carbocycles. The highest BCUT2D eigenvalue weighted by Crippen LogP contribution is 2.32. The summed E-state index contributed by atoms with van der Waals surface area (Å²) in [6.07, 6.45) is 0. The summed E-state index contributed by atoms with van der Waals surface area (Å²) >= 11 is 6.31. The Morgan fingerprint density at radius 2 is 1.84 bits per heavy atom. The first-order valence-corrected chi connectivity index (χ1v) is 6.69. The molecule has 0 spiro atoms. The summed E-state index contributed by atoms with van der Waals surface area (Å²) in [5.41, 5.74) is 10.3. The molecule has 19 heavy (non-hydrogen) atoms. The minimum Gasteiger partial charge on any atom is -0.378 e. The quantitative estimate of drug-likeness (QED) is 0.913. The molecule has 0 saturated heterocycles. The van der Waals surface area contributed by atoms with E-state index < -0.39 is 0 Å². The van der Waals surface area contributed by atoms with Crippen LogP contribution in [0.25, 0.3) is 11.1 Å². The third-order valence-electron chi connectivity index (χ3n) is 3.19. The predicted octanol–water partition coefficient (Wildman–Crippen LogP) is 4.09. The summed E-state index contributed by atoms with van der Waals surface area (Å²) < 4.78 is 0. The molecule has 0 heterocycles. The highest BCUT2D eigenvalue weighted by Gasteiger charge is 2.08. The van der Waals surface area contributed by atoms with E-state index in [0.29, 0.717) is 0 Å². The molecule has 1 atom stereocenters. The third kappa shape index (κ3) is 3.09. The van der Waals surface area contributed by atoms with Gasteiger partial charge in [-0.1, -0.05) is 29.8 Å². The molecule has 2 N–H and O–H groups in total. The lowest BCUT2D eigenvalue weighted by Gasteiger charge is -2.15. The fraction of sp³-hybridized carbons (Fsp3) is 0.250. The second-order valence-electron chi connectivity index (χ2n) is 4.97. The van der Waals surface area contributed by atoms with Gasteiger partial charge in [0.25, 0.3) is 0 Å². The van der Waals surface area contributed by atoms with E-state index in [1.54, 1.807) is 0 Å². The van der Waals surface area contributed by atoms with E-state index in [1.807, 2.05) is 39.2 Å². The van der Waals surface area contributed by atoms with E-state index in [4.69, 9.17) is 17.3 Å². The van der Waals surface area contributed by atoms with Gasteiger partial charge in [-0.15, -0.1) is 0 Å². The van der Waals surface area contributed by atoms with Crippen LogP contribution >= 0.6 is 11.6 Å². The summed E-state index contributed by atoms with van der Waals surface area (Å²) in [6.45, 7) is 1.98. The maximum atomic E-state index is 6.31. The molecule has 0 aliphatic heterocycles. The Hall–Kier alpha value is -1.51. The van der Waals surface area contributed by atoms with E-state index >= 15 is 0 Å². The van der Waals surface area contributed by atoms with Gasteiger partial charge in [0.1, 0.15) is 0 Å². The summed E-state index contributed by atoms with van der Waals surface area (Å²) in [5, 5.41) is 0.750. The molecule has 0 aromatic heterocycles. The molecule has 0 fully saturated rings. The first kappa shape index (κ1) is 13.9. The molecule has 0 radical (unpaired) electrons. The second kappa shape index (κ2) is 5.64. The van der Waals surface area contributed by atoms with Gasteiger partial charge in [0.05, 0.1) is 0 Å². The van der Waals surface area contributed by atoms with Gasteiger partial charge in [0.15, 0.2) is 0 Å². The number of benzene rings is 2. The van der Waals surface area contributed by atoms with E-state index in [-0.39, 0.29) is 6.04 Å². The molecule has 0 aliphatic rings. The van der Waals surface area contributed by atoms with Gasteiger partial charge in [-0.2, -0.15) is 0 Å². The number of hydrogen-bond acceptors (Lipinski definition) is 2. The number of anilines is 1. The summed E-state index contributed by atoms with van der Waals surface area (Å²) in [4.78, 5) is 2.08. The van der Waals surface area contributed by atoms with Crippen LogP contribution in [0.3, 0.4) is 0 Å². The fourth-order valence-electron chi connectivity index (χ4n) is 2.00. The molecule has 2 aromatic rings. The van der Waals surface area contributed by atoms with E-state index in [9.17, 15) is 0 Å². The minimum absolute atomic E-state index is 0.00745. The van der Waals surface area contributed by atoms with Crippen molar-refractivity contribution in [3.63, 3.8) is 0 Å². The van der Waals surface area contributed by atoms with Crippen LogP contribution in [0, 0.1) is 0 Å². The average molecular weight is 275 g/mol. The number of rotatable bonds is 3. The number of hydrogen-bond donors (Lipinski definition) is 1. The first-order chi connectivity index (χ1) is 8.99. The third-order valence-corrected chi connectivity index (χ3v) is 3.52. The van der Waals surface area contributed by atoms with Crippen LogP contribution in [-0.4, -0.2) is 14.1 Å². The second-order valence-corrected chi connectivity index (χ2v) is 5.38. The van der Waals surface area contributed by atoms with Crippen LogP contribution in [0.15, 0.2) is 42.5 Å². The fourth-order valence-corrected chi connectivity index (χ4v) is 2.23. The van der Waals surface area contributed by atoms with Crippen LogP contribution in [0.4, 0.5) is 5.69 Å². The lowest BCUT2D eigenvalue weighted by Crippen LogP contribution is -2.08. The Bertz CT molecular complexity index is 577. The largest absolute Gasteiger partial charge is 0.378 e. The minimum atomic E-state index is 0.00745. The monoisotopic (exact) mass is 274 g/mol. The molecule has 2 nitrogen and oxygen atoms in total. The van der Waals surface area contributed by atoms with E-state index in [0.717, 1.165) is 27.4 Å². The molecular formula is C16H19ClN2. The highest BCUT2D eigenvalue weighted by atomic mass is 35.5. The summed E-state index contributed by atoms with van der Waals surface area (Å²) in [6, 6.07) is 14.3. The molecule has 2 rings (SSSR count). The Balaban J connectivity index is 2.51. The molecular weight excluding hydrogens is 256 g/mol. The lowest BCUT2D eigenvalue weighted by atomic mass is 10.00. The normalized spacial score (nSPS) is 12.3. The average Bonchev–Trinajstić information content (AvgIpc) is 2.39. The van der Waals surface area contributed by atoms with Gasteiger partial charge in [-0.25, -0.2) is 0 Å². The van der Waals surface area contributed by atoms with Crippen LogP contribution in [0.2, 0.25) is 5.02 Å². The highest BCUT2D eigenvalue weighted by molar-refractivity contribution is 6.33. The lowest BCUT2D eigenvalue weighted by molar-refractivity contribution is 0.819. The first-order valence-electron chi connectivity index (χ1n) is 6.32. The maximum Gasteiger partial charge on any atom is 0.0484 e. The topological polar surface area (TPSA) is 29.3 Å². The van der Waals surface area contributed by atoms with Crippen molar-refractivity contribution in [3.8, 4) is 11.1 Å². The molecule has 3 heteroatoms. The number of nitrogens with zero attached hydrogens (tertiary/aromatic N) is 1. The van der Waals surface area contributed by atoms with Crippen molar-refractivity contribution < 1.29 is 0 Å². The van der Waals surface area contributed by atoms with Gasteiger partial charge in [-0.3, -0.25) is 0 Å². The smallest absolute Gasteiger partial charge is 0.0484 e. The SMILES string of the molecule is CC(N)c1ccc(Cl)c(-c2cccc(N(C)C)c2)c1. The van der Waals surface area contributed by atoms with Crippen LogP contribution in [0.5, 0.6) is 0 Å². The van der Waals surface area contributed by atoms with E-state index in [2.05, 4.69) is 29.2 Å².